The Labute approximate surface area is 189 Å². The molecule has 0 radical (unpaired) electrons. The molecule has 2 amide bonds. The minimum Gasteiger partial charge on any atom is -0.410 e. The fourth-order valence-corrected chi connectivity index (χ4v) is 4.66. The van der Waals surface area contributed by atoms with Gasteiger partial charge in [0.2, 0.25) is 11.8 Å². The number of likely N-dealkylation sites (N-methyl/N-ethyl adjacent to an activating group) is 1. The number of thiazole rings is 1. The highest BCUT2D eigenvalue weighted by atomic mass is 32.2. The lowest BCUT2D eigenvalue weighted by atomic mass is 10.1. The van der Waals surface area contributed by atoms with E-state index in [1.807, 2.05) is 45.0 Å². The Morgan fingerprint density at radius 3 is 2.68 bits per heavy atom. The number of carbonyl (C=O) groups is 2. The first-order valence-electron chi connectivity index (χ1n) is 9.85. The predicted molar refractivity (Wildman–Crippen MR) is 122 cm³/mol. The lowest BCUT2D eigenvalue weighted by Gasteiger charge is -2.20. The number of hydrogen-bond donors (Lipinski definition) is 1. The Hall–Kier alpha value is -2.72. The van der Waals surface area contributed by atoms with Crippen molar-refractivity contribution < 1.29 is 14.0 Å². The second-order valence-electron chi connectivity index (χ2n) is 7.03. The number of nitrogens with one attached hydrogen (secondary N) is 1. The maximum Gasteiger partial charge on any atom is 0.277 e. The first kappa shape index (κ1) is 23.0. The summed E-state index contributed by atoms with van der Waals surface area (Å²) in [6.07, 6.45) is 0.811. The van der Waals surface area contributed by atoms with Crippen LogP contribution in [-0.2, 0) is 16.0 Å². The molecule has 2 heterocycles. The standard InChI is InChI=1S/C21H25N5O3S2/c1-6-15-9-7-8-10-16(15)23-17(27)11-26(5)20(28)13(3)30-21-25-24-19(29-21)18-12(2)22-14(4)31-18/h7-10,13H,6,11H2,1-5H3,(H,23,27). The van der Waals surface area contributed by atoms with Gasteiger partial charge in [-0.15, -0.1) is 21.5 Å². The number of amides is 2. The van der Waals surface area contributed by atoms with Crippen LogP contribution in [0.3, 0.4) is 0 Å². The van der Waals surface area contributed by atoms with Crippen LogP contribution in [0, 0.1) is 13.8 Å². The van der Waals surface area contributed by atoms with Gasteiger partial charge < -0.3 is 14.6 Å². The van der Waals surface area contributed by atoms with Crippen molar-refractivity contribution in [2.75, 3.05) is 18.9 Å². The highest BCUT2D eigenvalue weighted by Gasteiger charge is 2.24. The second kappa shape index (κ2) is 10.1. The third-order valence-corrected chi connectivity index (χ3v) is 6.54. The monoisotopic (exact) mass is 459 g/mol. The van der Waals surface area contributed by atoms with Crippen LogP contribution < -0.4 is 5.32 Å². The van der Waals surface area contributed by atoms with Gasteiger partial charge in [0, 0.05) is 12.7 Å². The quantitative estimate of drug-likeness (QED) is 0.509. The van der Waals surface area contributed by atoms with Crippen LogP contribution in [0.2, 0.25) is 0 Å². The Morgan fingerprint density at radius 2 is 2.00 bits per heavy atom. The number of carbonyl (C=O) groups excluding carboxylic acids is 2. The molecule has 10 heteroatoms. The van der Waals surface area contributed by atoms with Gasteiger partial charge in [0.25, 0.3) is 11.1 Å². The van der Waals surface area contributed by atoms with Crippen molar-refractivity contribution in [1.29, 1.82) is 0 Å². The van der Waals surface area contributed by atoms with Gasteiger partial charge in [0.05, 0.1) is 22.5 Å². The molecule has 0 saturated carbocycles. The molecule has 164 valence electrons. The molecule has 0 fully saturated rings. The molecule has 1 atom stereocenters. The zero-order valence-electron chi connectivity index (χ0n) is 18.1. The van der Waals surface area contributed by atoms with E-state index in [1.54, 1.807) is 14.0 Å². The summed E-state index contributed by atoms with van der Waals surface area (Å²) in [6.45, 7) is 7.54. The normalized spacial score (nSPS) is 11.9. The molecule has 8 nitrogen and oxygen atoms in total. The lowest BCUT2D eigenvalue weighted by molar-refractivity contribution is -0.132. The molecule has 3 rings (SSSR count). The predicted octanol–water partition coefficient (Wildman–Crippen LogP) is 3.95. The van der Waals surface area contributed by atoms with Gasteiger partial charge in [0.15, 0.2) is 0 Å². The third kappa shape index (κ3) is 5.71. The van der Waals surface area contributed by atoms with Crippen molar-refractivity contribution in [1.82, 2.24) is 20.1 Å². The fourth-order valence-electron chi connectivity index (χ4n) is 3.02. The van der Waals surface area contributed by atoms with E-state index in [2.05, 4.69) is 20.5 Å². The van der Waals surface area contributed by atoms with Crippen LogP contribution in [0.5, 0.6) is 0 Å². The highest BCUT2D eigenvalue weighted by molar-refractivity contribution is 8.00. The largest absolute Gasteiger partial charge is 0.410 e. The molecule has 0 spiro atoms. The van der Waals surface area contributed by atoms with Crippen molar-refractivity contribution in [2.24, 2.45) is 0 Å². The Morgan fingerprint density at radius 1 is 1.26 bits per heavy atom. The van der Waals surface area contributed by atoms with Crippen molar-refractivity contribution in [3.8, 4) is 10.8 Å². The van der Waals surface area contributed by atoms with E-state index < -0.39 is 5.25 Å². The third-order valence-electron chi connectivity index (χ3n) is 4.56. The molecule has 1 N–H and O–H groups in total. The summed E-state index contributed by atoms with van der Waals surface area (Å²) in [5.41, 5.74) is 2.65. The summed E-state index contributed by atoms with van der Waals surface area (Å²) < 4.78 is 5.71. The van der Waals surface area contributed by atoms with Crippen LogP contribution in [0.15, 0.2) is 33.9 Å². The zero-order valence-corrected chi connectivity index (χ0v) is 19.8. The molecule has 0 aliphatic heterocycles. The van der Waals surface area contributed by atoms with E-state index >= 15 is 0 Å². The van der Waals surface area contributed by atoms with E-state index in [0.29, 0.717) is 11.1 Å². The molecule has 3 aromatic rings. The maximum absolute atomic E-state index is 12.7. The summed E-state index contributed by atoms with van der Waals surface area (Å²) in [5, 5.41) is 11.7. The molecule has 31 heavy (non-hydrogen) atoms. The van der Waals surface area contributed by atoms with E-state index in [4.69, 9.17) is 4.42 Å². The number of anilines is 1. The van der Waals surface area contributed by atoms with E-state index in [1.165, 1.54) is 28.0 Å². The fraction of sp³-hybridized carbons (Fsp3) is 0.381. The summed E-state index contributed by atoms with van der Waals surface area (Å²) in [5.74, 6) is -0.0499. The minimum absolute atomic E-state index is 0.0454. The number of benzene rings is 1. The average molecular weight is 460 g/mol. The van der Waals surface area contributed by atoms with Gasteiger partial charge in [0.1, 0.15) is 4.88 Å². The molecule has 0 bridgehead atoms. The van der Waals surface area contributed by atoms with Gasteiger partial charge in [-0.25, -0.2) is 4.98 Å². The molecule has 0 saturated heterocycles. The average Bonchev–Trinajstić information content (AvgIpc) is 3.32. The van der Waals surface area contributed by atoms with Crippen LogP contribution >= 0.6 is 23.1 Å². The van der Waals surface area contributed by atoms with Crippen molar-refractivity contribution >= 4 is 40.6 Å². The Balaban J connectivity index is 1.57. The number of aromatic nitrogens is 3. The van der Waals surface area contributed by atoms with E-state index in [0.717, 1.165) is 33.3 Å². The lowest BCUT2D eigenvalue weighted by Crippen LogP contribution is -2.39. The number of thioether (sulfide) groups is 1. The number of rotatable bonds is 8. The summed E-state index contributed by atoms with van der Waals surface area (Å²) >= 11 is 2.65. The molecule has 1 unspecified atom stereocenters. The zero-order chi connectivity index (χ0) is 22.5. The number of aryl methyl sites for hydroxylation is 3. The summed E-state index contributed by atoms with van der Waals surface area (Å²) in [6, 6.07) is 7.63. The van der Waals surface area contributed by atoms with Gasteiger partial charge in [-0.2, -0.15) is 0 Å². The van der Waals surface area contributed by atoms with Gasteiger partial charge in [-0.05, 0) is 38.8 Å². The molecule has 2 aromatic heterocycles. The highest BCUT2D eigenvalue weighted by Crippen LogP contribution is 2.31. The van der Waals surface area contributed by atoms with Gasteiger partial charge in [-0.3, -0.25) is 9.59 Å². The summed E-state index contributed by atoms with van der Waals surface area (Å²) in [7, 11) is 1.60. The maximum atomic E-state index is 12.7. The minimum atomic E-state index is -0.488. The van der Waals surface area contributed by atoms with Crippen LogP contribution in [0.4, 0.5) is 5.69 Å². The SMILES string of the molecule is CCc1ccccc1NC(=O)CN(C)C(=O)C(C)Sc1nnc(-c2sc(C)nc2C)o1. The van der Waals surface area contributed by atoms with Gasteiger partial charge in [-0.1, -0.05) is 36.9 Å². The molecule has 0 aliphatic rings. The molecular formula is C21H25N5O3S2. The number of para-hydroxylation sites is 1. The van der Waals surface area contributed by atoms with E-state index in [9.17, 15) is 9.59 Å². The van der Waals surface area contributed by atoms with Crippen LogP contribution in [0.25, 0.3) is 10.8 Å². The van der Waals surface area contributed by atoms with E-state index in [-0.39, 0.29) is 18.4 Å². The second-order valence-corrected chi connectivity index (χ2v) is 9.53. The van der Waals surface area contributed by atoms with Gasteiger partial charge >= 0.3 is 0 Å². The topological polar surface area (TPSA) is 101 Å². The first-order chi connectivity index (χ1) is 14.8. The number of nitrogens with zero attached hydrogens (tertiary/aromatic N) is 4. The first-order valence-corrected chi connectivity index (χ1v) is 11.5. The number of hydrogen-bond acceptors (Lipinski definition) is 8. The smallest absolute Gasteiger partial charge is 0.277 e. The Bertz CT molecular complexity index is 1080. The molecule has 0 aliphatic carbocycles. The molecule has 1 aromatic carbocycles. The summed E-state index contributed by atoms with van der Waals surface area (Å²) in [4.78, 5) is 31.7. The molecular weight excluding hydrogens is 434 g/mol. The van der Waals surface area contributed by atoms with Crippen molar-refractivity contribution in [3.05, 3.63) is 40.5 Å². The van der Waals surface area contributed by atoms with Crippen molar-refractivity contribution in [3.63, 3.8) is 0 Å². The van der Waals surface area contributed by atoms with Crippen molar-refractivity contribution in [2.45, 2.75) is 44.6 Å². The van der Waals surface area contributed by atoms with Crippen LogP contribution in [0.1, 0.15) is 30.1 Å². The Kier molecular flexibility index (Phi) is 7.45. The van der Waals surface area contributed by atoms with Crippen LogP contribution in [-0.4, -0.2) is 50.7 Å².